The highest BCUT2D eigenvalue weighted by molar-refractivity contribution is 5.18. The zero-order valence-electron chi connectivity index (χ0n) is 10.2. The molecule has 1 heterocycles. The first kappa shape index (κ1) is 10.6. The quantitative estimate of drug-likeness (QED) is 0.744. The van der Waals surface area contributed by atoms with E-state index < -0.39 is 0 Å². The summed E-state index contributed by atoms with van der Waals surface area (Å²) in [5.74, 6) is 0. The third-order valence-corrected chi connectivity index (χ3v) is 4.06. The molecule has 0 saturated heterocycles. The predicted molar refractivity (Wildman–Crippen MR) is 71.0 cm³/mol. The molecule has 0 spiro atoms. The Hall–Kier alpha value is -1.50. The van der Waals surface area contributed by atoms with Gasteiger partial charge in [0.05, 0.1) is 0 Å². The zero-order valence-corrected chi connectivity index (χ0v) is 10.2. The van der Waals surface area contributed by atoms with Crippen LogP contribution in [0.5, 0.6) is 0 Å². The molecule has 0 amide bonds. The normalized spacial score (nSPS) is 18.4. The zero-order chi connectivity index (χ0) is 11.6. The van der Waals surface area contributed by atoms with Crippen LogP contribution >= 0.6 is 0 Å². The van der Waals surface area contributed by atoms with Crippen LogP contribution in [0.1, 0.15) is 31.2 Å². The van der Waals surface area contributed by atoms with Crippen LogP contribution in [-0.4, -0.2) is 4.57 Å². The topological polar surface area (TPSA) is 4.93 Å². The summed E-state index contributed by atoms with van der Waals surface area (Å²) in [6, 6.07) is 15.2. The van der Waals surface area contributed by atoms with Crippen LogP contribution < -0.4 is 0 Å². The van der Waals surface area contributed by atoms with E-state index in [9.17, 15) is 0 Å². The molecule has 1 aliphatic rings. The Morgan fingerprint density at radius 1 is 0.882 bits per heavy atom. The largest absolute Gasteiger partial charge is 0.348 e. The molecule has 1 nitrogen and oxygen atoms in total. The van der Waals surface area contributed by atoms with E-state index in [0.29, 0.717) is 5.54 Å². The molecule has 1 fully saturated rings. The van der Waals surface area contributed by atoms with E-state index >= 15 is 0 Å². The van der Waals surface area contributed by atoms with Crippen molar-refractivity contribution < 1.29 is 0 Å². The predicted octanol–water partition coefficient (Wildman–Crippen LogP) is 4.00. The van der Waals surface area contributed by atoms with Gasteiger partial charge < -0.3 is 4.57 Å². The van der Waals surface area contributed by atoms with Gasteiger partial charge in [-0.3, -0.25) is 0 Å². The van der Waals surface area contributed by atoms with E-state index in [-0.39, 0.29) is 0 Å². The van der Waals surface area contributed by atoms with E-state index in [4.69, 9.17) is 0 Å². The van der Waals surface area contributed by atoms with Gasteiger partial charge in [-0.2, -0.15) is 0 Å². The van der Waals surface area contributed by atoms with Gasteiger partial charge in [-0.05, 0) is 37.0 Å². The van der Waals surface area contributed by atoms with E-state index in [1.54, 1.807) is 0 Å². The summed E-state index contributed by atoms with van der Waals surface area (Å²) in [7, 11) is 0. The van der Waals surface area contributed by atoms with Gasteiger partial charge in [-0.25, -0.2) is 0 Å². The highest BCUT2D eigenvalue weighted by Crippen LogP contribution is 2.39. The van der Waals surface area contributed by atoms with Crippen LogP contribution in [0.2, 0.25) is 0 Å². The molecular formula is C16H19N. The molecule has 0 bridgehead atoms. The molecule has 1 aromatic heterocycles. The third kappa shape index (κ3) is 2.02. The lowest BCUT2D eigenvalue weighted by Crippen LogP contribution is -2.31. The molecule has 0 N–H and O–H groups in total. The molecule has 88 valence electrons. The molecule has 0 radical (unpaired) electrons. The molecule has 0 unspecified atom stereocenters. The van der Waals surface area contributed by atoms with E-state index in [1.807, 2.05) is 0 Å². The van der Waals surface area contributed by atoms with Gasteiger partial charge in [0.25, 0.3) is 0 Å². The maximum absolute atomic E-state index is 2.44. The van der Waals surface area contributed by atoms with Gasteiger partial charge in [-0.15, -0.1) is 0 Å². The maximum Gasteiger partial charge on any atom is 0.0480 e. The summed E-state index contributed by atoms with van der Waals surface area (Å²) in [6.07, 6.45) is 11.0. The van der Waals surface area contributed by atoms with Gasteiger partial charge in [0.2, 0.25) is 0 Å². The number of hydrogen-bond donors (Lipinski definition) is 0. The monoisotopic (exact) mass is 225 g/mol. The second-order valence-electron chi connectivity index (χ2n) is 5.18. The standard InChI is InChI=1S/C16H19N/c1-2-8-15(9-3-1)14-16(10-4-5-11-16)17-12-6-7-13-17/h1-3,6-9,12-13H,4-5,10-11,14H2. The van der Waals surface area contributed by atoms with Crippen molar-refractivity contribution in [3.8, 4) is 0 Å². The minimum absolute atomic E-state index is 0.338. The Balaban J connectivity index is 1.91. The van der Waals surface area contributed by atoms with Crippen LogP contribution in [0.15, 0.2) is 54.9 Å². The maximum atomic E-state index is 2.44. The molecule has 1 aliphatic carbocycles. The lowest BCUT2D eigenvalue weighted by atomic mass is 9.89. The van der Waals surface area contributed by atoms with Crippen LogP contribution in [0.3, 0.4) is 0 Å². The SMILES string of the molecule is c1ccc(CC2(n3cccc3)CCCC2)cc1. The smallest absolute Gasteiger partial charge is 0.0480 e. The van der Waals surface area contributed by atoms with Crippen molar-refractivity contribution in [2.75, 3.05) is 0 Å². The van der Waals surface area contributed by atoms with Crippen LogP contribution in [0, 0.1) is 0 Å². The van der Waals surface area contributed by atoms with E-state index in [2.05, 4.69) is 59.4 Å². The van der Waals surface area contributed by atoms with Crippen LogP contribution in [0.25, 0.3) is 0 Å². The van der Waals surface area contributed by atoms with E-state index in [0.717, 1.165) is 0 Å². The van der Waals surface area contributed by atoms with Crippen LogP contribution in [-0.2, 0) is 12.0 Å². The summed E-state index contributed by atoms with van der Waals surface area (Å²) >= 11 is 0. The summed E-state index contributed by atoms with van der Waals surface area (Å²) < 4.78 is 2.44. The minimum Gasteiger partial charge on any atom is -0.348 e. The number of rotatable bonds is 3. The van der Waals surface area contributed by atoms with Crippen LogP contribution in [0.4, 0.5) is 0 Å². The Kier molecular flexibility index (Phi) is 2.76. The first-order valence-electron chi connectivity index (χ1n) is 6.56. The fourth-order valence-corrected chi connectivity index (χ4v) is 3.19. The molecule has 1 aromatic carbocycles. The minimum atomic E-state index is 0.338. The lowest BCUT2D eigenvalue weighted by molar-refractivity contribution is 0.291. The number of hydrogen-bond acceptors (Lipinski definition) is 0. The van der Waals surface area contributed by atoms with Crippen molar-refractivity contribution >= 4 is 0 Å². The molecule has 0 atom stereocenters. The first-order valence-corrected chi connectivity index (χ1v) is 6.56. The molecule has 1 saturated carbocycles. The molecular weight excluding hydrogens is 206 g/mol. The van der Waals surface area contributed by atoms with Gasteiger partial charge in [0.1, 0.15) is 0 Å². The molecule has 2 aromatic rings. The third-order valence-electron chi connectivity index (χ3n) is 4.06. The second-order valence-corrected chi connectivity index (χ2v) is 5.18. The summed E-state index contributed by atoms with van der Waals surface area (Å²) in [5, 5.41) is 0. The fraction of sp³-hybridized carbons (Fsp3) is 0.375. The van der Waals surface area contributed by atoms with E-state index in [1.165, 1.54) is 37.7 Å². The van der Waals surface area contributed by atoms with Gasteiger partial charge in [0.15, 0.2) is 0 Å². The average molecular weight is 225 g/mol. The summed E-state index contributed by atoms with van der Waals surface area (Å²) in [6.45, 7) is 0. The molecule has 1 heteroatoms. The Labute approximate surface area is 103 Å². The van der Waals surface area contributed by atoms with Crippen molar-refractivity contribution in [2.45, 2.75) is 37.6 Å². The summed E-state index contributed by atoms with van der Waals surface area (Å²) in [5.41, 5.74) is 1.80. The molecule has 0 aliphatic heterocycles. The van der Waals surface area contributed by atoms with Gasteiger partial charge in [0, 0.05) is 17.9 Å². The molecule has 17 heavy (non-hydrogen) atoms. The Morgan fingerprint density at radius 3 is 2.18 bits per heavy atom. The first-order chi connectivity index (χ1) is 8.39. The van der Waals surface area contributed by atoms with Crippen molar-refractivity contribution in [2.24, 2.45) is 0 Å². The lowest BCUT2D eigenvalue weighted by Gasteiger charge is -2.31. The highest BCUT2D eigenvalue weighted by Gasteiger charge is 2.34. The molecule has 3 rings (SSSR count). The number of aromatic nitrogens is 1. The van der Waals surface area contributed by atoms with Crippen molar-refractivity contribution in [3.63, 3.8) is 0 Å². The van der Waals surface area contributed by atoms with Crippen molar-refractivity contribution in [3.05, 3.63) is 60.4 Å². The fourth-order valence-electron chi connectivity index (χ4n) is 3.19. The number of nitrogens with zero attached hydrogens (tertiary/aromatic N) is 1. The van der Waals surface area contributed by atoms with Gasteiger partial charge >= 0.3 is 0 Å². The number of benzene rings is 1. The summed E-state index contributed by atoms with van der Waals surface area (Å²) in [4.78, 5) is 0. The van der Waals surface area contributed by atoms with Gasteiger partial charge in [-0.1, -0.05) is 43.2 Å². The van der Waals surface area contributed by atoms with Crippen molar-refractivity contribution in [1.29, 1.82) is 0 Å². The highest BCUT2D eigenvalue weighted by atomic mass is 15.0. The Bertz CT molecular complexity index is 450. The average Bonchev–Trinajstić information content (AvgIpc) is 3.01. The van der Waals surface area contributed by atoms with Crippen molar-refractivity contribution in [1.82, 2.24) is 4.57 Å². The Morgan fingerprint density at radius 2 is 1.53 bits per heavy atom. The second kappa shape index (κ2) is 4.40.